The number of aliphatic carboxylic acids is 1. The van der Waals surface area contributed by atoms with E-state index in [9.17, 15) is 14.7 Å². The first-order chi connectivity index (χ1) is 10.6. The largest absolute Gasteiger partial charge is 0.481 e. The fourth-order valence-corrected chi connectivity index (χ4v) is 1.91. The summed E-state index contributed by atoms with van der Waals surface area (Å²) >= 11 is 0. The van der Waals surface area contributed by atoms with Gasteiger partial charge in [0, 0.05) is 6.54 Å². The highest BCUT2D eigenvalue weighted by Crippen LogP contribution is 2.11. The lowest BCUT2D eigenvalue weighted by Gasteiger charge is -2.12. The van der Waals surface area contributed by atoms with E-state index in [1.807, 2.05) is 30.3 Å². The summed E-state index contributed by atoms with van der Waals surface area (Å²) in [4.78, 5) is 23.2. The van der Waals surface area contributed by atoms with Crippen LogP contribution in [0.25, 0.3) is 0 Å². The molecule has 0 aliphatic carbocycles. The summed E-state index contributed by atoms with van der Waals surface area (Å²) in [6.07, 6.45) is 0.330. The summed E-state index contributed by atoms with van der Waals surface area (Å²) in [5.41, 5.74) is 0.894. The van der Waals surface area contributed by atoms with Crippen molar-refractivity contribution in [1.82, 2.24) is 10.5 Å². The summed E-state index contributed by atoms with van der Waals surface area (Å²) in [7, 11) is 1.40. The number of carboxylic acids is 1. The van der Waals surface area contributed by atoms with Crippen molar-refractivity contribution in [2.24, 2.45) is 5.92 Å². The molecular formula is C15H16N2O5. The van der Waals surface area contributed by atoms with E-state index < -0.39 is 17.8 Å². The monoisotopic (exact) mass is 304 g/mol. The van der Waals surface area contributed by atoms with Gasteiger partial charge in [-0.1, -0.05) is 30.3 Å². The topological polar surface area (TPSA) is 102 Å². The number of carbonyl (C=O) groups is 2. The van der Waals surface area contributed by atoms with E-state index in [0.29, 0.717) is 6.42 Å². The number of aromatic nitrogens is 1. The molecule has 1 aromatic heterocycles. The van der Waals surface area contributed by atoms with Crippen LogP contribution < -0.4 is 10.1 Å². The van der Waals surface area contributed by atoms with Gasteiger partial charge in [0.05, 0.1) is 19.1 Å². The summed E-state index contributed by atoms with van der Waals surface area (Å²) < 4.78 is 9.60. The first kappa shape index (κ1) is 15.6. The van der Waals surface area contributed by atoms with E-state index in [4.69, 9.17) is 9.26 Å². The van der Waals surface area contributed by atoms with Crippen molar-refractivity contribution in [3.05, 3.63) is 47.7 Å². The third-order valence-corrected chi connectivity index (χ3v) is 3.10. The molecule has 2 N–H and O–H groups in total. The Hall–Kier alpha value is -2.83. The molecule has 0 radical (unpaired) electrons. The predicted molar refractivity (Wildman–Crippen MR) is 76.7 cm³/mol. The van der Waals surface area contributed by atoms with E-state index in [1.165, 1.54) is 13.2 Å². The Labute approximate surface area is 126 Å². The van der Waals surface area contributed by atoms with Gasteiger partial charge in [-0.3, -0.25) is 9.59 Å². The summed E-state index contributed by atoms with van der Waals surface area (Å²) in [5, 5.41) is 15.3. The SMILES string of the molecule is COc1cc(C(=O)NCC(Cc2ccccc2)C(=O)O)on1. The van der Waals surface area contributed by atoms with Gasteiger partial charge < -0.3 is 19.7 Å². The third-order valence-electron chi connectivity index (χ3n) is 3.10. The van der Waals surface area contributed by atoms with Crippen molar-refractivity contribution in [1.29, 1.82) is 0 Å². The zero-order valence-corrected chi connectivity index (χ0v) is 12.0. The highest BCUT2D eigenvalue weighted by molar-refractivity contribution is 5.91. The Morgan fingerprint density at radius 1 is 1.36 bits per heavy atom. The summed E-state index contributed by atoms with van der Waals surface area (Å²) in [6, 6.07) is 10.6. The van der Waals surface area contributed by atoms with Crippen LogP contribution in [0.2, 0.25) is 0 Å². The maximum atomic E-state index is 11.9. The number of nitrogens with zero attached hydrogens (tertiary/aromatic N) is 1. The number of rotatable bonds is 7. The number of hydrogen-bond donors (Lipinski definition) is 2. The fourth-order valence-electron chi connectivity index (χ4n) is 1.91. The molecule has 0 spiro atoms. The Bertz CT molecular complexity index is 638. The van der Waals surface area contributed by atoms with Crippen molar-refractivity contribution < 1.29 is 24.0 Å². The zero-order chi connectivity index (χ0) is 15.9. The molecule has 0 fully saturated rings. The minimum Gasteiger partial charge on any atom is -0.481 e. The van der Waals surface area contributed by atoms with Crippen LogP contribution in [-0.2, 0) is 11.2 Å². The second-order valence-corrected chi connectivity index (χ2v) is 4.67. The zero-order valence-electron chi connectivity index (χ0n) is 12.0. The second-order valence-electron chi connectivity index (χ2n) is 4.67. The smallest absolute Gasteiger partial charge is 0.308 e. The molecule has 2 rings (SSSR count). The molecule has 1 heterocycles. The Morgan fingerprint density at radius 3 is 2.68 bits per heavy atom. The number of carboxylic acid groups (broad SMARTS) is 1. The lowest BCUT2D eigenvalue weighted by molar-refractivity contribution is -0.141. The van der Waals surface area contributed by atoms with E-state index in [1.54, 1.807) is 0 Å². The fraction of sp³-hybridized carbons (Fsp3) is 0.267. The molecule has 7 nitrogen and oxygen atoms in total. The molecule has 22 heavy (non-hydrogen) atoms. The average molecular weight is 304 g/mol. The van der Waals surface area contributed by atoms with Gasteiger partial charge in [-0.15, -0.1) is 0 Å². The quantitative estimate of drug-likeness (QED) is 0.800. The molecule has 0 saturated heterocycles. The standard InChI is InChI=1S/C15H16N2O5/c1-21-13-8-12(22-17-13)14(18)16-9-11(15(19)20)7-10-5-3-2-4-6-10/h2-6,8,11H,7,9H2,1H3,(H,16,18)(H,19,20). The number of hydrogen-bond acceptors (Lipinski definition) is 5. The van der Waals surface area contributed by atoms with Gasteiger partial charge in [-0.25, -0.2) is 0 Å². The number of ether oxygens (including phenoxy) is 1. The molecule has 0 aliphatic rings. The van der Waals surface area contributed by atoms with Gasteiger partial charge in [0.15, 0.2) is 0 Å². The normalized spacial score (nSPS) is 11.7. The predicted octanol–water partition coefficient (Wildman–Crippen LogP) is 1.36. The molecular weight excluding hydrogens is 288 g/mol. The Morgan fingerprint density at radius 2 is 2.09 bits per heavy atom. The van der Waals surface area contributed by atoms with Gasteiger partial charge in [0.1, 0.15) is 0 Å². The Kier molecular flexibility index (Phi) is 5.13. The van der Waals surface area contributed by atoms with E-state index in [-0.39, 0.29) is 18.2 Å². The molecule has 7 heteroatoms. The average Bonchev–Trinajstić information content (AvgIpc) is 3.01. The van der Waals surface area contributed by atoms with Crippen LogP contribution in [0, 0.1) is 5.92 Å². The molecule has 0 saturated carbocycles. The lowest BCUT2D eigenvalue weighted by atomic mass is 9.99. The van der Waals surface area contributed by atoms with Crippen LogP contribution in [0.3, 0.4) is 0 Å². The van der Waals surface area contributed by atoms with Crippen LogP contribution in [0.4, 0.5) is 0 Å². The van der Waals surface area contributed by atoms with Gasteiger partial charge in [-0.2, -0.15) is 0 Å². The van der Waals surface area contributed by atoms with Crippen molar-refractivity contribution >= 4 is 11.9 Å². The van der Waals surface area contributed by atoms with Crippen molar-refractivity contribution in [3.8, 4) is 5.88 Å². The molecule has 1 aromatic carbocycles. The second kappa shape index (κ2) is 7.26. The summed E-state index contributed by atoms with van der Waals surface area (Å²) in [6.45, 7) is -0.00786. The molecule has 1 atom stereocenters. The van der Waals surface area contributed by atoms with Crippen LogP contribution >= 0.6 is 0 Å². The molecule has 2 aromatic rings. The minimum absolute atomic E-state index is 0.00786. The third kappa shape index (κ3) is 4.08. The highest BCUT2D eigenvalue weighted by Gasteiger charge is 2.21. The van der Waals surface area contributed by atoms with Crippen LogP contribution in [0.15, 0.2) is 40.9 Å². The van der Waals surface area contributed by atoms with Crippen LogP contribution in [-0.4, -0.2) is 35.8 Å². The summed E-state index contributed by atoms with van der Waals surface area (Å²) in [5.74, 6) is -2.07. The van der Waals surface area contributed by atoms with Crippen LogP contribution in [0.1, 0.15) is 16.1 Å². The number of methoxy groups -OCH3 is 1. The van der Waals surface area contributed by atoms with Gasteiger partial charge >= 0.3 is 5.97 Å². The molecule has 0 aliphatic heterocycles. The molecule has 0 bridgehead atoms. The number of carbonyl (C=O) groups excluding carboxylic acids is 1. The minimum atomic E-state index is -0.973. The first-order valence-corrected chi connectivity index (χ1v) is 6.65. The first-order valence-electron chi connectivity index (χ1n) is 6.65. The van der Waals surface area contributed by atoms with Crippen molar-refractivity contribution in [3.63, 3.8) is 0 Å². The van der Waals surface area contributed by atoms with Gasteiger partial charge in [0.25, 0.3) is 11.8 Å². The highest BCUT2D eigenvalue weighted by atomic mass is 16.5. The number of benzene rings is 1. The number of amides is 1. The van der Waals surface area contributed by atoms with Crippen LogP contribution in [0.5, 0.6) is 5.88 Å². The number of nitrogens with one attached hydrogen (secondary N) is 1. The van der Waals surface area contributed by atoms with Crippen molar-refractivity contribution in [2.45, 2.75) is 6.42 Å². The molecule has 116 valence electrons. The van der Waals surface area contributed by atoms with E-state index in [0.717, 1.165) is 5.56 Å². The molecule has 1 amide bonds. The lowest BCUT2D eigenvalue weighted by Crippen LogP contribution is -2.33. The van der Waals surface area contributed by atoms with Gasteiger partial charge in [0.2, 0.25) is 5.76 Å². The maximum absolute atomic E-state index is 11.9. The Balaban J connectivity index is 1.94. The van der Waals surface area contributed by atoms with Gasteiger partial charge in [-0.05, 0) is 17.1 Å². The van der Waals surface area contributed by atoms with Crippen molar-refractivity contribution in [2.75, 3.05) is 13.7 Å². The molecule has 1 unspecified atom stereocenters. The van der Waals surface area contributed by atoms with E-state index >= 15 is 0 Å². The maximum Gasteiger partial charge on any atom is 0.308 e. The van der Waals surface area contributed by atoms with E-state index in [2.05, 4.69) is 10.5 Å².